The lowest BCUT2D eigenvalue weighted by Gasteiger charge is -2.24. The van der Waals surface area contributed by atoms with Crippen molar-refractivity contribution in [3.8, 4) is 0 Å². The van der Waals surface area contributed by atoms with E-state index in [1.54, 1.807) is 0 Å². The molecule has 1 N–H and O–H groups in total. The monoisotopic (exact) mass is 259 g/mol. The van der Waals surface area contributed by atoms with Crippen molar-refractivity contribution in [1.29, 1.82) is 0 Å². The fraction of sp³-hybridized carbons (Fsp3) is 0.667. The molecule has 3 atom stereocenters. The van der Waals surface area contributed by atoms with Gasteiger partial charge < -0.3 is 5.32 Å². The van der Waals surface area contributed by atoms with Gasteiger partial charge in [-0.25, -0.2) is 0 Å². The van der Waals surface area contributed by atoms with Crippen LogP contribution in [0.25, 0.3) is 0 Å². The Kier molecular flexibility index (Phi) is 4.35. The standard InChI is InChI=1S/C18H29N/c1-6-15-7-9-16(10-8-15)14(3)19-17-12-18(4,5)11-13(17)2/h7-10,13-14,17,19H,6,11-12H2,1-5H3. The van der Waals surface area contributed by atoms with E-state index in [0.29, 0.717) is 17.5 Å². The van der Waals surface area contributed by atoms with Gasteiger partial charge in [-0.3, -0.25) is 0 Å². The van der Waals surface area contributed by atoms with Crippen LogP contribution in [-0.2, 0) is 6.42 Å². The van der Waals surface area contributed by atoms with Gasteiger partial charge in [0.25, 0.3) is 0 Å². The van der Waals surface area contributed by atoms with Gasteiger partial charge in [-0.15, -0.1) is 0 Å². The minimum absolute atomic E-state index is 0.451. The second-order valence-electron chi connectivity index (χ2n) is 7.14. The van der Waals surface area contributed by atoms with E-state index >= 15 is 0 Å². The molecule has 1 fully saturated rings. The molecule has 0 spiro atoms. The number of nitrogens with one attached hydrogen (secondary N) is 1. The number of rotatable bonds is 4. The summed E-state index contributed by atoms with van der Waals surface area (Å²) in [5.41, 5.74) is 3.34. The maximum atomic E-state index is 3.84. The van der Waals surface area contributed by atoms with E-state index in [1.165, 1.54) is 24.0 Å². The fourth-order valence-electron chi connectivity index (χ4n) is 3.58. The van der Waals surface area contributed by atoms with Crippen LogP contribution in [0.15, 0.2) is 24.3 Å². The third kappa shape index (κ3) is 3.60. The van der Waals surface area contributed by atoms with Crippen LogP contribution in [0.4, 0.5) is 0 Å². The van der Waals surface area contributed by atoms with Gasteiger partial charge >= 0.3 is 0 Å². The third-order valence-electron chi connectivity index (χ3n) is 4.69. The Hall–Kier alpha value is -0.820. The van der Waals surface area contributed by atoms with Crippen molar-refractivity contribution in [3.05, 3.63) is 35.4 Å². The zero-order chi connectivity index (χ0) is 14.0. The summed E-state index contributed by atoms with van der Waals surface area (Å²) in [5.74, 6) is 0.785. The molecule has 0 saturated heterocycles. The van der Waals surface area contributed by atoms with Crippen molar-refractivity contribution in [2.45, 2.75) is 66.0 Å². The average Bonchev–Trinajstić information content (AvgIpc) is 2.62. The highest BCUT2D eigenvalue weighted by molar-refractivity contribution is 5.24. The molecule has 2 rings (SSSR count). The normalized spacial score (nSPS) is 27.4. The van der Waals surface area contributed by atoms with Crippen LogP contribution in [-0.4, -0.2) is 6.04 Å². The van der Waals surface area contributed by atoms with Crippen molar-refractivity contribution < 1.29 is 0 Å². The molecule has 0 amide bonds. The Balaban J connectivity index is 1.98. The predicted octanol–water partition coefficient (Wildman–Crippen LogP) is 4.72. The second kappa shape index (κ2) is 5.66. The molecule has 0 bridgehead atoms. The second-order valence-corrected chi connectivity index (χ2v) is 7.14. The highest BCUT2D eigenvalue weighted by Crippen LogP contribution is 2.41. The molecule has 1 saturated carbocycles. The molecule has 1 aromatic carbocycles. The van der Waals surface area contributed by atoms with Crippen molar-refractivity contribution in [2.75, 3.05) is 0 Å². The first-order valence-corrected chi connectivity index (χ1v) is 7.76. The molecule has 0 aromatic heterocycles. The van der Waals surface area contributed by atoms with Gasteiger partial charge in [0.2, 0.25) is 0 Å². The Labute approximate surface area is 118 Å². The van der Waals surface area contributed by atoms with Crippen molar-refractivity contribution in [1.82, 2.24) is 5.32 Å². The summed E-state index contributed by atoms with van der Waals surface area (Å²) in [6.45, 7) is 11.7. The van der Waals surface area contributed by atoms with Gasteiger partial charge in [0.05, 0.1) is 0 Å². The molecule has 1 heteroatoms. The molecule has 19 heavy (non-hydrogen) atoms. The molecule has 0 heterocycles. The highest BCUT2D eigenvalue weighted by atomic mass is 15.0. The molecule has 1 nitrogen and oxygen atoms in total. The van der Waals surface area contributed by atoms with Gasteiger partial charge in [0.15, 0.2) is 0 Å². The summed E-state index contributed by atoms with van der Waals surface area (Å²) < 4.78 is 0. The van der Waals surface area contributed by atoms with Crippen molar-refractivity contribution in [3.63, 3.8) is 0 Å². The van der Waals surface area contributed by atoms with Crippen LogP contribution >= 0.6 is 0 Å². The Morgan fingerprint density at radius 2 is 1.84 bits per heavy atom. The summed E-state index contributed by atoms with van der Waals surface area (Å²) in [6, 6.07) is 10.2. The van der Waals surface area contributed by atoms with Crippen molar-refractivity contribution in [2.24, 2.45) is 11.3 Å². The van der Waals surface area contributed by atoms with Crippen LogP contribution < -0.4 is 5.32 Å². The van der Waals surface area contributed by atoms with Crippen molar-refractivity contribution >= 4 is 0 Å². The zero-order valence-corrected chi connectivity index (χ0v) is 13.2. The first-order chi connectivity index (χ1) is 8.91. The van der Waals surface area contributed by atoms with Crippen LogP contribution in [0.2, 0.25) is 0 Å². The van der Waals surface area contributed by atoms with Crippen LogP contribution in [0.1, 0.15) is 64.6 Å². The highest BCUT2D eigenvalue weighted by Gasteiger charge is 2.36. The van der Waals surface area contributed by atoms with Gasteiger partial charge in [-0.2, -0.15) is 0 Å². The SMILES string of the molecule is CCc1ccc(C(C)NC2CC(C)(C)CC2C)cc1. The van der Waals surface area contributed by atoms with Crippen LogP contribution in [0.5, 0.6) is 0 Å². The maximum Gasteiger partial charge on any atom is 0.0294 e. The lowest BCUT2D eigenvalue weighted by molar-refractivity contribution is 0.356. The Morgan fingerprint density at radius 1 is 1.21 bits per heavy atom. The van der Waals surface area contributed by atoms with E-state index in [1.807, 2.05) is 0 Å². The summed E-state index contributed by atoms with van der Waals surface area (Å²) in [5, 5.41) is 3.84. The summed E-state index contributed by atoms with van der Waals surface area (Å²) in [7, 11) is 0. The lowest BCUT2D eigenvalue weighted by Crippen LogP contribution is -2.33. The largest absolute Gasteiger partial charge is 0.307 e. The van der Waals surface area contributed by atoms with E-state index < -0.39 is 0 Å². The van der Waals surface area contributed by atoms with Gasteiger partial charge in [-0.1, -0.05) is 52.0 Å². The molecule has 1 aliphatic rings. The minimum atomic E-state index is 0.451. The zero-order valence-electron chi connectivity index (χ0n) is 13.2. The molecule has 0 aliphatic heterocycles. The Bertz CT molecular complexity index is 404. The van der Waals surface area contributed by atoms with E-state index in [-0.39, 0.29) is 0 Å². The van der Waals surface area contributed by atoms with E-state index in [0.717, 1.165) is 12.3 Å². The maximum absolute atomic E-state index is 3.84. The molecular weight excluding hydrogens is 230 g/mol. The summed E-state index contributed by atoms with van der Waals surface area (Å²) in [6.07, 6.45) is 3.76. The molecule has 106 valence electrons. The van der Waals surface area contributed by atoms with Gasteiger partial charge in [0.1, 0.15) is 0 Å². The quantitative estimate of drug-likeness (QED) is 0.824. The smallest absolute Gasteiger partial charge is 0.0294 e. The Morgan fingerprint density at radius 3 is 2.32 bits per heavy atom. The number of hydrogen-bond donors (Lipinski definition) is 1. The summed E-state index contributed by atoms with van der Waals surface area (Å²) >= 11 is 0. The topological polar surface area (TPSA) is 12.0 Å². The summed E-state index contributed by atoms with van der Waals surface area (Å²) in [4.78, 5) is 0. The lowest BCUT2D eigenvalue weighted by atomic mass is 9.91. The predicted molar refractivity (Wildman–Crippen MR) is 83.3 cm³/mol. The minimum Gasteiger partial charge on any atom is -0.307 e. The molecule has 1 aliphatic carbocycles. The molecule has 1 aromatic rings. The molecule has 3 unspecified atom stereocenters. The van der Waals surface area contributed by atoms with Crippen LogP contribution in [0.3, 0.4) is 0 Å². The first kappa shape index (κ1) is 14.6. The fourth-order valence-corrected chi connectivity index (χ4v) is 3.58. The molecular formula is C18H29N. The van der Waals surface area contributed by atoms with E-state index in [2.05, 4.69) is 64.2 Å². The van der Waals surface area contributed by atoms with E-state index in [4.69, 9.17) is 0 Å². The van der Waals surface area contributed by atoms with Gasteiger partial charge in [-0.05, 0) is 48.6 Å². The number of hydrogen-bond acceptors (Lipinski definition) is 1. The number of benzene rings is 1. The van der Waals surface area contributed by atoms with E-state index in [9.17, 15) is 0 Å². The van der Waals surface area contributed by atoms with Crippen LogP contribution in [0, 0.1) is 11.3 Å². The third-order valence-corrected chi connectivity index (χ3v) is 4.69. The molecule has 0 radical (unpaired) electrons. The average molecular weight is 259 g/mol. The van der Waals surface area contributed by atoms with Gasteiger partial charge in [0, 0.05) is 12.1 Å². The first-order valence-electron chi connectivity index (χ1n) is 7.76. The number of aryl methyl sites for hydroxylation is 1.